The van der Waals surface area contributed by atoms with Crippen molar-refractivity contribution in [1.82, 2.24) is 5.32 Å². The molecule has 118 valence electrons. The lowest BCUT2D eigenvalue weighted by molar-refractivity contribution is 0.112. The Bertz CT molecular complexity index is 695. The predicted octanol–water partition coefficient (Wildman–Crippen LogP) is 3.14. The van der Waals surface area contributed by atoms with Crippen molar-refractivity contribution in [3.63, 3.8) is 0 Å². The van der Waals surface area contributed by atoms with Crippen molar-refractivity contribution in [2.24, 2.45) is 0 Å². The summed E-state index contributed by atoms with van der Waals surface area (Å²) in [7, 11) is 0. The lowest BCUT2D eigenvalue weighted by atomic mass is 10.1. The first-order valence-electron chi connectivity index (χ1n) is 7.08. The highest BCUT2D eigenvalue weighted by Gasteiger charge is 2.01. The van der Waals surface area contributed by atoms with E-state index in [1.165, 1.54) is 12.1 Å². The fourth-order valence-electron chi connectivity index (χ4n) is 1.88. The summed E-state index contributed by atoms with van der Waals surface area (Å²) < 4.78 is 5.06. The molecule has 0 radical (unpaired) electrons. The minimum atomic E-state index is -0.524. The van der Waals surface area contributed by atoms with Crippen LogP contribution in [-0.4, -0.2) is 24.0 Å². The quantitative estimate of drug-likeness (QED) is 0.804. The van der Waals surface area contributed by atoms with Crippen LogP contribution in [0.25, 0.3) is 6.08 Å². The second kappa shape index (κ2) is 8.38. The molecule has 0 saturated carbocycles. The number of rotatable bonds is 6. The number of ether oxygens (including phenoxy) is 1. The maximum atomic E-state index is 11.5. The van der Waals surface area contributed by atoms with Crippen molar-refractivity contribution in [3.05, 3.63) is 71.3 Å². The molecule has 0 heterocycles. The molecule has 2 rings (SSSR count). The smallest absolute Gasteiger partial charge is 0.407 e. The molecule has 0 fully saturated rings. The first-order valence-corrected chi connectivity index (χ1v) is 7.08. The maximum Gasteiger partial charge on any atom is 0.407 e. The van der Waals surface area contributed by atoms with Crippen LogP contribution in [0.3, 0.4) is 0 Å². The van der Waals surface area contributed by atoms with Gasteiger partial charge < -0.3 is 15.2 Å². The molecule has 23 heavy (non-hydrogen) atoms. The Morgan fingerprint density at radius 1 is 1.17 bits per heavy atom. The van der Waals surface area contributed by atoms with E-state index in [4.69, 9.17) is 4.74 Å². The zero-order valence-corrected chi connectivity index (χ0v) is 12.4. The number of amides is 1. The van der Waals surface area contributed by atoms with E-state index < -0.39 is 6.09 Å². The summed E-state index contributed by atoms with van der Waals surface area (Å²) in [6.45, 7) is 0.455. The van der Waals surface area contributed by atoms with Gasteiger partial charge in [-0.1, -0.05) is 42.5 Å². The molecule has 2 aromatic rings. The van der Waals surface area contributed by atoms with Crippen molar-refractivity contribution in [2.45, 2.75) is 6.61 Å². The number of alkyl carbamates (subject to hydrolysis) is 1. The number of carbonyl (C=O) groups is 2. The fourth-order valence-corrected chi connectivity index (χ4v) is 1.88. The molecule has 2 aromatic carbocycles. The standard InChI is InChI=1S/C18H17NO4/c20-12-15-8-9-17(21)16(11-15)7-4-10-19-18(22)23-13-14-5-2-1-3-6-14/h1-9,11-12,21H,10,13H2,(H,19,22). The Hall–Kier alpha value is -3.08. The Labute approximate surface area is 134 Å². The number of phenols is 1. The molecular weight excluding hydrogens is 294 g/mol. The molecule has 0 spiro atoms. The van der Waals surface area contributed by atoms with Crippen LogP contribution in [0.15, 0.2) is 54.6 Å². The summed E-state index contributed by atoms with van der Waals surface area (Å²) in [5.74, 6) is 0.0681. The van der Waals surface area contributed by atoms with E-state index in [2.05, 4.69) is 5.32 Å². The first-order chi connectivity index (χ1) is 11.2. The van der Waals surface area contributed by atoms with Gasteiger partial charge in [-0.05, 0) is 23.8 Å². The lowest BCUT2D eigenvalue weighted by Crippen LogP contribution is -2.24. The highest BCUT2D eigenvalue weighted by molar-refractivity contribution is 5.77. The van der Waals surface area contributed by atoms with Gasteiger partial charge in [0, 0.05) is 17.7 Å². The highest BCUT2D eigenvalue weighted by Crippen LogP contribution is 2.19. The van der Waals surface area contributed by atoms with Crippen molar-refractivity contribution in [1.29, 1.82) is 0 Å². The zero-order valence-electron chi connectivity index (χ0n) is 12.4. The molecule has 0 atom stereocenters. The molecule has 0 saturated heterocycles. The average Bonchev–Trinajstić information content (AvgIpc) is 2.59. The average molecular weight is 311 g/mol. The number of aldehydes is 1. The van der Waals surface area contributed by atoms with E-state index in [1.807, 2.05) is 30.3 Å². The van der Waals surface area contributed by atoms with Crippen LogP contribution in [0.1, 0.15) is 21.5 Å². The van der Waals surface area contributed by atoms with Crippen LogP contribution < -0.4 is 5.32 Å². The molecule has 0 aliphatic heterocycles. The summed E-state index contributed by atoms with van der Waals surface area (Å²) >= 11 is 0. The Morgan fingerprint density at radius 3 is 2.70 bits per heavy atom. The van der Waals surface area contributed by atoms with Crippen LogP contribution in [0.4, 0.5) is 4.79 Å². The maximum absolute atomic E-state index is 11.5. The van der Waals surface area contributed by atoms with E-state index in [1.54, 1.807) is 18.2 Å². The number of hydrogen-bond donors (Lipinski definition) is 2. The molecule has 0 bridgehead atoms. The van der Waals surface area contributed by atoms with Crippen molar-refractivity contribution in [2.75, 3.05) is 6.54 Å². The van der Waals surface area contributed by atoms with Gasteiger partial charge in [-0.25, -0.2) is 4.79 Å². The summed E-state index contributed by atoms with van der Waals surface area (Å²) in [4.78, 5) is 22.2. The van der Waals surface area contributed by atoms with Gasteiger partial charge in [0.25, 0.3) is 0 Å². The summed E-state index contributed by atoms with van der Waals surface area (Å²) in [5, 5.41) is 12.2. The molecule has 0 aliphatic rings. The van der Waals surface area contributed by atoms with E-state index in [-0.39, 0.29) is 18.9 Å². The molecule has 5 nitrogen and oxygen atoms in total. The van der Waals surface area contributed by atoms with Gasteiger partial charge >= 0.3 is 6.09 Å². The van der Waals surface area contributed by atoms with Crippen LogP contribution >= 0.6 is 0 Å². The minimum Gasteiger partial charge on any atom is -0.507 e. The Morgan fingerprint density at radius 2 is 1.96 bits per heavy atom. The van der Waals surface area contributed by atoms with Gasteiger partial charge in [-0.15, -0.1) is 0 Å². The second-order valence-corrected chi connectivity index (χ2v) is 4.78. The summed E-state index contributed by atoms with van der Waals surface area (Å²) in [6.07, 6.45) is 3.47. The molecular formula is C18H17NO4. The Kier molecular flexibility index (Phi) is 5.94. The molecule has 0 aliphatic carbocycles. The van der Waals surface area contributed by atoms with Crippen LogP contribution in [0.5, 0.6) is 5.75 Å². The third-order valence-corrected chi connectivity index (χ3v) is 3.06. The lowest BCUT2D eigenvalue weighted by Gasteiger charge is -2.05. The minimum absolute atomic E-state index is 0.0681. The van der Waals surface area contributed by atoms with Gasteiger partial charge in [-0.3, -0.25) is 4.79 Å². The fraction of sp³-hybridized carbons (Fsp3) is 0.111. The monoisotopic (exact) mass is 311 g/mol. The number of aromatic hydroxyl groups is 1. The van der Waals surface area contributed by atoms with Gasteiger partial charge in [0.1, 0.15) is 18.6 Å². The molecule has 1 amide bonds. The predicted molar refractivity (Wildman–Crippen MR) is 87.2 cm³/mol. The van der Waals surface area contributed by atoms with Gasteiger partial charge in [0.15, 0.2) is 0 Å². The largest absolute Gasteiger partial charge is 0.507 e. The topological polar surface area (TPSA) is 75.6 Å². The van der Waals surface area contributed by atoms with Crippen molar-refractivity contribution in [3.8, 4) is 5.75 Å². The van der Waals surface area contributed by atoms with E-state index in [9.17, 15) is 14.7 Å². The van der Waals surface area contributed by atoms with Crippen LogP contribution in [0.2, 0.25) is 0 Å². The molecule has 0 aromatic heterocycles. The van der Waals surface area contributed by atoms with E-state index in [0.717, 1.165) is 5.56 Å². The molecule has 2 N–H and O–H groups in total. The first kappa shape index (κ1) is 16.3. The third kappa shape index (κ3) is 5.32. The molecule has 0 unspecified atom stereocenters. The van der Waals surface area contributed by atoms with E-state index in [0.29, 0.717) is 17.4 Å². The summed E-state index contributed by atoms with van der Waals surface area (Å²) in [5.41, 5.74) is 1.89. The van der Waals surface area contributed by atoms with Crippen molar-refractivity contribution < 1.29 is 19.4 Å². The zero-order chi connectivity index (χ0) is 16.5. The normalized spacial score (nSPS) is 10.4. The van der Waals surface area contributed by atoms with Gasteiger partial charge in [0.05, 0.1) is 0 Å². The summed E-state index contributed by atoms with van der Waals surface area (Å²) in [6, 6.07) is 13.9. The van der Waals surface area contributed by atoms with Crippen LogP contribution in [0, 0.1) is 0 Å². The molecule has 5 heteroatoms. The number of benzene rings is 2. The van der Waals surface area contributed by atoms with Crippen LogP contribution in [-0.2, 0) is 11.3 Å². The SMILES string of the molecule is O=Cc1ccc(O)c(C=CCNC(=O)OCc2ccccc2)c1. The van der Waals surface area contributed by atoms with Gasteiger partial charge in [-0.2, -0.15) is 0 Å². The second-order valence-electron chi connectivity index (χ2n) is 4.78. The Balaban J connectivity index is 1.78. The number of phenolic OH excluding ortho intramolecular Hbond substituents is 1. The number of carbonyl (C=O) groups excluding carboxylic acids is 2. The van der Waals surface area contributed by atoms with E-state index >= 15 is 0 Å². The highest BCUT2D eigenvalue weighted by atomic mass is 16.5. The number of nitrogens with one attached hydrogen (secondary N) is 1. The van der Waals surface area contributed by atoms with Crippen molar-refractivity contribution >= 4 is 18.5 Å². The number of hydrogen-bond acceptors (Lipinski definition) is 4. The van der Waals surface area contributed by atoms with Gasteiger partial charge in [0.2, 0.25) is 0 Å². The third-order valence-electron chi connectivity index (χ3n) is 3.06.